The molecule has 2 unspecified atom stereocenters. The normalized spacial score (nSPS) is 18.6. The van der Waals surface area contributed by atoms with Crippen LogP contribution in [0.15, 0.2) is 42.5 Å². The van der Waals surface area contributed by atoms with E-state index in [1.54, 1.807) is 36.4 Å². The highest BCUT2D eigenvalue weighted by Crippen LogP contribution is 2.34. The standard InChI is InChI=1S/C22H27N3O4/c1-14-13-23-10-9-17(14)24-22(27)16-11-19(28-2)20(29-3)12-18(16)25-21(26)15-7-5-4-6-8-15/h4-8,11-12,14,17,23H,9-10,13H2,1-3H3,(H,24,27)(H,25,26). The van der Waals surface area contributed by atoms with E-state index in [0.29, 0.717) is 34.2 Å². The number of amides is 2. The molecule has 0 bridgehead atoms. The third-order valence-electron chi connectivity index (χ3n) is 5.15. The molecule has 1 fully saturated rings. The minimum atomic E-state index is -0.304. The molecule has 1 aliphatic rings. The van der Waals surface area contributed by atoms with Gasteiger partial charge in [0.15, 0.2) is 11.5 Å². The van der Waals surface area contributed by atoms with Crippen LogP contribution in [0.5, 0.6) is 11.5 Å². The molecule has 29 heavy (non-hydrogen) atoms. The number of hydrogen-bond donors (Lipinski definition) is 3. The number of piperidine rings is 1. The van der Waals surface area contributed by atoms with Gasteiger partial charge in [-0.2, -0.15) is 0 Å². The summed E-state index contributed by atoms with van der Waals surface area (Å²) >= 11 is 0. The molecule has 0 radical (unpaired) electrons. The van der Waals surface area contributed by atoms with Gasteiger partial charge in [0.1, 0.15) is 0 Å². The van der Waals surface area contributed by atoms with Crippen molar-refractivity contribution in [3.8, 4) is 11.5 Å². The molecule has 0 aromatic heterocycles. The highest BCUT2D eigenvalue weighted by Gasteiger charge is 2.25. The van der Waals surface area contributed by atoms with Gasteiger partial charge in [-0.3, -0.25) is 9.59 Å². The van der Waals surface area contributed by atoms with Crippen LogP contribution in [0.25, 0.3) is 0 Å². The molecule has 0 aliphatic carbocycles. The van der Waals surface area contributed by atoms with E-state index in [1.165, 1.54) is 14.2 Å². The zero-order valence-corrected chi connectivity index (χ0v) is 17.0. The molecule has 7 heteroatoms. The van der Waals surface area contributed by atoms with Crippen molar-refractivity contribution in [1.82, 2.24) is 10.6 Å². The lowest BCUT2D eigenvalue weighted by Crippen LogP contribution is -2.48. The fourth-order valence-corrected chi connectivity index (χ4v) is 3.43. The Labute approximate surface area is 170 Å². The molecule has 1 aliphatic heterocycles. The SMILES string of the molecule is COc1cc(NC(=O)c2ccccc2)c(C(=O)NC2CCNCC2C)cc1OC. The van der Waals surface area contributed by atoms with Crippen LogP contribution in [-0.4, -0.2) is 45.2 Å². The van der Waals surface area contributed by atoms with E-state index in [0.717, 1.165) is 19.5 Å². The van der Waals surface area contributed by atoms with Crippen LogP contribution < -0.4 is 25.4 Å². The van der Waals surface area contributed by atoms with Crippen molar-refractivity contribution in [2.24, 2.45) is 5.92 Å². The summed E-state index contributed by atoms with van der Waals surface area (Å²) in [6, 6.07) is 12.1. The second kappa shape index (κ2) is 9.43. The first-order valence-electron chi connectivity index (χ1n) is 9.67. The minimum Gasteiger partial charge on any atom is -0.493 e. The fraction of sp³-hybridized carbons (Fsp3) is 0.364. The van der Waals surface area contributed by atoms with Gasteiger partial charge in [0.2, 0.25) is 0 Å². The molecule has 3 N–H and O–H groups in total. The molecule has 2 amide bonds. The summed E-state index contributed by atoms with van der Waals surface area (Å²) in [5.74, 6) is 0.613. The Morgan fingerprint density at radius 3 is 2.38 bits per heavy atom. The van der Waals surface area contributed by atoms with E-state index in [1.807, 2.05) is 6.07 Å². The smallest absolute Gasteiger partial charge is 0.255 e. The van der Waals surface area contributed by atoms with Gasteiger partial charge < -0.3 is 25.4 Å². The average Bonchev–Trinajstić information content (AvgIpc) is 2.75. The Morgan fingerprint density at radius 1 is 1.03 bits per heavy atom. The van der Waals surface area contributed by atoms with Crippen LogP contribution in [0.2, 0.25) is 0 Å². The van der Waals surface area contributed by atoms with Crippen molar-refractivity contribution < 1.29 is 19.1 Å². The molecule has 2 aromatic carbocycles. The Kier molecular flexibility index (Phi) is 6.72. The Hall–Kier alpha value is -3.06. The molecule has 0 saturated carbocycles. The lowest BCUT2D eigenvalue weighted by Gasteiger charge is -2.30. The monoisotopic (exact) mass is 397 g/mol. The predicted molar refractivity (Wildman–Crippen MR) is 112 cm³/mol. The number of ether oxygens (including phenoxy) is 2. The number of rotatable bonds is 6. The van der Waals surface area contributed by atoms with E-state index in [9.17, 15) is 9.59 Å². The fourth-order valence-electron chi connectivity index (χ4n) is 3.43. The van der Waals surface area contributed by atoms with Crippen LogP contribution in [0, 0.1) is 5.92 Å². The largest absolute Gasteiger partial charge is 0.493 e. The predicted octanol–water partition coefficient (Wildman–Crippen LogP) is 2.68. The molecule has 7 nitrogen and oxygen atoms in total. The van der Waals surface area contributed by atoms with Crippen LogP contribution in [0.1, 0.15) is 34.1 Å². The van der Waals surface area contributed by atoms with Gasteiger partial charge in [-0.25, -0.2) is 0 Å². The third kappa shape index (κ3) is 4.86. The van der Waals surface area contributed by atoms with E-state index >= 15 is 0 Å². The number of anilines is 1. The summed E-state index contributed by atoms with van der Waals surface area (Å²) in [7, 11) is 3.02. The second-order valence-corrected chi connectivity index (χ2v) is 7.12. The molecule has 2 atom stereocenters. The summed E-state index contributed by atoms with van der Waals surface area (Å²) in [6.07, 6.45) is 0.853. The number of benzene rings is 2. The summed E-state index contributed by atoms with van der Waals surface area (Å²) in [4.78, 5) is 25.7. The first-order valence-corrected chi connectivity index (χ1v) is 9.67. The van der Waals surface area contributed by atoms with Crippen molar-refractivity contribution in [1.29, 1.82) is 0 Å². The summed E-state index contributed by atoms with van der Waals surface area (Å²) in [6.45, 7) is 3.82. The van der Waals surface area contributed by atoms with Crippen molar-refractivity contribution in [2.75, 3.05) is 32.6 Å². The number of carbonyl (C=O) groups is 2. The molecule has 0 spiro atoms. The first-order chi connectivity index (χ1) is 14.0. The van der Waals surface area contributed by atoms with Gasteiger partial charge in [0.25, 0.3) is 11.8 Å². The summed E-state index contributed by atoms with van der Waals surface area (Å²) < 4.78 is 10.7. The van der Waals surface area contributed by atoms with Gasteiger partial charge in [-0.05, 0) is 43.6 Å². The first kappa shape index (κ1) is 20.7. The van der Waals surface area contributed by atoms with Gasteiger partial charge in [0, 0.05) is 17.7 Å². The van der Waals surface area contributed by atoms with Crippen LogP contribution in [-0.2, 0) is 0 Å². The Bertz CT molecular complexity index is 870. The summed E-state index contributed by atoms with van der Waals surface area (Å²) in [5.41, 5.74) is 1.20. The van der Waals surface area contributed by atoms with Crippen molar-refractivity contribution in [2.45, 2.75) is 19.4 Å². The second-order valence-electron chi connectivity index (χ2n) is 7.12. The van der Waals surface area contributed by atoms with E-state index in [2.05, 4.69) is 22.9 Å². The van der Waals surface area contributed by atoms with Gasteiger partial charge in [-0.15, -0.1) is 0 Å². The van der Waals surface area contributed by atoms with Crippen molar-refractivity contribution in [3.63, 3.8) is 0 Å². The highest BCUT2D eigenvalue weighted by molar-refractivity contribution is 6.09. The molecule has 3 rings (SSSR count). The van der Waals surface area contributed by atoms with Crippen LogP contribution >= 0.6 is 0 Å². The summed E-state index contributed by atoms with van der Waals surface area (Å²) in [5, 5.41) is 9.26. The maximum absolute atomic E-state index is 13.1. The van der Waals surface area contributed by atoms with Gasteiger partial charge in [-0.1, -0.05) is 25.1 Å². The number of nitrogens with one attached hydrogen (secondary N) is 3. The number of methoxy groups -OCH3 is 2. The molecular weight excluding hydrogens is 370 g/mol. The number of hydrogen-bond acceptors (Lipinski definition) is 5. The van der Waals surface area contributed by atoms with Gasteiger partial charge in [0.05, 0.1) is 25.5 Å². The quantitative estimate of drug-likeness (QED) is 0.697. The Morgan fingerprint density at radius 2 is 1.72 bits per heavy atom. The molecule has 1 saturated heterocycles. The van der Waals surface area contributed by atoms with Crippen molar-refractivity contribution in [3.05, 3.63) is 53.6 Å². The van der Waals surface area contributed by atoms with Crippen molar-refractivity contribution >= 4 is 17.5 Å². The zero-order valence-electron chi connectivity index (χ0n) is 17.0. The molecule has 154 valence electrons. The maximum atomic E-state index is 13.1. The minimum absolute atomic E-state index is 0.0644. The molecule has 2 aromatic rings. The lowest BCUT2D eigenvalue weighted by molar-refractivity contribution is 0.0914. The van der Waals surface area contributed by atoms with Gasteiger partial charge >= 0.3 is 0 Å². The topological polar surface area (TPSA) is 88.7 Å². The highest BCUT2D eigenvalue weighted by atomic mass is 16.5. The van der Waals surface area contributed by atoms with Crippen LogP contribution in [0.3, 0.4) is 0 Å². The van der Waals surface area contributed by atoms with Crippen LogP contribution in [0.4, 0.5) is 5.69 Å². The average molecular weight is 397 g/mol. The molecule has 1 heterocycles. The molecular formula is C22H27N3O4. The zero-order chi connectivity index (χ0) is 20.8. The van der Waals surface area contributed by atoms with E-state index in [-0.39, 0.29) is 17.9 Å². The third-order valence-corrected chi connectivity index (χ3v) is 5.15. The lowest BCUT2D eigenvalue weighted by atomic mass is 9.95. The van der Waals surface area contributed by atoms with E-state index < -0.39 is 0 Å². The maximum Gasteiger partial charge on any atom is 0.255 e. The number of carbonyl (C=O) groups excluding carboxylic acids is 2. The Balaban J connectivity index is 1.91. The van der Waals surface area contributed by atoms with E-state index in [4.69, 9.17) is 9.47 Å².